The predicted octanol–water partition coefficient (Wildman–Crippen LogP) is -4.84. The van der Waals surface area contributed by atoms with E-state index in [9.17, 15) is 43.2 Å². The van der Waals surface area contributed by atoms with Gasteiger partial charge in [-0.3, -0.25) is 38.4 Å². The van der Waals surface area contributed by atoms with E-state index in [4.69, 9.17) is 5.73 Å². The van der Waals surface area contributed by atoms with Crippen LogP contribution >= 0.6 is 0 Å². The molecule has 17 heteroatoms. The Labute approximate surface area is 236 Å². The van der Waals surface area contributed by atoms with Gasteiger partial charge in [0.2, 0.25) is 47.8 Å². The van der Waals surface area contributed by atoms with E-state index in [-0.39, 0.29) is 19.0 Å². The molecule has 1 heterocycles. The number of carbonyl (C=O) groups is 9. The lowest BCUT2D eigenvalue weighted by Gasteiger charge is -2.26. The first-order valence-electron chi connectivity index (χ1n) is 13.0. The normalized spacial score (nSPS) is 16.2. The summed E-state index contributed by atoms with van der Waals surface area (Å²) in [6, 6.07) is -3.01. The highest BCUT2D eigenvalue weighted by Gasteiger charge is 2.34. The predicted molar refractivity (Wildman–Crippen MR) is 141 cm³/mol. The van der Waals surface area contributed by atoms with E-state index in [1.165, 1.54) is 4.90 Å². The number of likely N-dealkylation sites (tertiary alicyclic amines) is 1. The van der Waals surface area contributed by atoms with E-state index in [1.54, 1.807) is 13.8 Å². The standard InChI is InChI=1S/C24H38N8O9/c1-3-14(2)22(31-21(39)11-27-18(36)8-26-13-34)23(40)29-9-19(37)28-10-20(38)30-16(7-17(25)35)24(41)32-6-4-5-15(32)12-33/h12-16,22H,3-11H2,1-2H3,(H2,25,35)(H,26,34)(H,27,36)(H,28,37)(H,29,40)(H,30,38)(H,31,39)/t14-,15?,16-,22?/m0/s1. The topological polar surface area (TPSA) is 255 Å². The molecule has 1 rings (SSSR count). The molecule has 2 unspecified atom stereocenters. The van der Waals surface area contributed by atoms with Crippen LogP contribution in [-0.4, -0.2) is 110 Å². The highest BCUT2D eigenvalue weighted by atomic mass is 16.2. The number of hydrogen-bond donors (Lipinski definition) is 7. The lowest BCUT2D eigenvalue weighted by Crippen LogP contribution is -2.55. The summed E-state index contributed by atoms with van der Waals surface area (Å²) in [5.41, 5.74) is 5.20. The lowest BCUT2D eigenvalue weighted by molar-refractivity contribution is -0.140. The van der Waals surface area contributed by atoms with Gasteiger partial charge < -0.3 is 47.3 Å². The van der Waals surface area contributed by atoms with Crippen molar-refractivity contribution >= 4 is 54.0 Å². The molecular formula is C24H38N8O9. The molecular weight excluding hydrogens is 544 g/mol. The molecule has 8 N–H and O–H groups in total. The molecule has 0 aliphatic carbocycles. The van der Waals surface area contributed by atoms with Crippen molar-refractivity contribution in [2.45, 2.75) is 57.7 Å². The van der Waals surface area contributed by atoms with Gasteiger partial charge in [-0.05, 0) is 18.8 Å². The maximum absolute atomic E-state index is 12.8. The molecule has 228 valence electrons. The number of primary amides is 1. The quantitative estimate of drug-likeness (QED) is 0.0764. The molecule has 0 saturated carbocycles. The SMILES string of the molecule is CC[C@H](C)C(NC(=O)CNC(=O)CNC=O)C(=O)NCC(=O)NCC(=O)N[C@@H](CC(N)=O)C(=O)N1CCCC1C=O. The molecule has 1 saturated heterocycles. The molecule has 17 nitrogen and oxygen atoms in total. The fraction of sp³-hybridized carbons (Fsp3) is 0.625. The van der Waals surface area contributed by atoms with Gasteiger partial charge >= 0.3 is 0 Å². The molecule has 0 radical (unpaired) electrons. The van der Waals surface area contributed by atoms with Gasteiger partial charge in [0.1, 0.15) is 18.4 Å². The van der Waals surface area contributed by atoms with Crippen LogP contribution in [0.25, 0.3) is 0 Å². The Kier molecular flexibility index (Phi) is 15.0. The molecule has 0 bridgehead atoms. The number of amides is 8. The van der Waals surface area contributed by atoms with Gasteiger partial charge in [0.15, 0.2) is 0 Å². The van der Waals surface area contributed by atoms with E-state index < -0.39 is 85.5 Å². The van der Waals surface area contributed by atoms with Crippen LogP contribution in [0.4, 0.5) is 0 Å². The first-order chi connectivity index (χ1) is 19.4. The monoisotopic (exact) mass is 582 g/mol. The molecule has 1 aliphatic rings. The Bertz CT molecular complexity index is 1010. The van der Waals surface area contributed by atoms with Crippen LogP contribution in [0.1, 0.15) is 39.5 Å². The summed E-state index contributed by atoms with van der Waals surface area (Å²) in [5.74, 6) is -5.34. The summed E-state index contributed by atoms with van der Waals surface area (Å²) in [6.07, 6.45) is 2.00. The second-order valence-electron chi connectivity index (χ2n) is 9.37. The zero-order valence-electron chi connectivity index (χ0n) is 23.0. The van der Waals surface area contributed by atoms with Gasteiger partial charge in [0.05, 0.1) is 38.6 Å². The average molecular weight is 583 g/mol. The minimum absolute atomic E-state index is 0.287. The van der Waals surface area contributed by atoms with Crippen molar-refractivity contribution < 1.29 is 43.2 Å². The molecule has 0 aromatic heterocycles. The highest BCUT2D eigenvalue weighted by molar-refractivity contribution is 5.95. The Morgan fingerprint density at radius 2 is 1.46 bits per heavy atom. The molecule has 8 amide bonds. The maximum Gasteiger partial charge on any atom is 0.246 e. The van der Waals surface area contributed by atoms with E-state index in [0.717, 1.165) is 0 Å². The first kappa shape index (κ1) is 34.5. The third-order valence-electron chi connectivity index (χ3n) is 6.25. The molecule has 1 fully saturated rings. The van der Waals surface area contributed by atoms with Crippen molar-refractivity contribution in [3.05, 3.63) is 0 Å². The van der Waals surface area contributed by atoms with Crippen LogP contribution in [0, 0.1) is 5.92 Å². The summed E-state index contributed by atoms with van der Waals surface area (Å²) >= 11 is 0. The van der Waals surface area contributed by atoms with E-state index in [2.05, 4.69) is 31.9 Å². The molecule has 4 atom stereocenters. The van der Waals surface area contributed by atoms with Crippen molar-refractivity contribution in [3.8, 4) is 0 Å². The van der Waals surface area contributed by atoms with Gasteiger partial charge in [-0.2, -0.15) is 0 Å². The highest BCUT2D eigenvalue weighted by Crippen LogP contribution is 2.17. The average Bonchev–Trinajstić information content (AvgIpc) is 3.43. The fourth-order valence-corrected chi connectivity index (χ4v) is 3.88. The molecule has 0 spiro atoms. The number of hydrogen-bond acceptors (Lipinski definition) is 9. The van der Waals surface area contributed by atoms with Crippen molar-refractivity contribution in [2.24, 2.45) is 11.7 Å². The Balaban J connectivity index is 2.59. The van der Waals surface area contributed by atoms with Gasteiger partial charge in [-0.15, -0.1) is 0 Å². The number of nitrogens with two attached hydrogens (primary N) is 1. The fourth-order valence-electron chi connectivity index (χ4n) is 3.88. The maximum atomic E-state index is 12.8. The van der Waals surface area contributed by atoms with Crippen LogP contribution in [-0.2, 0) is 43.2 Å². The summed E-state index contributed by atoms with van der Waals surface area (Å²) < 4.78 is 0. The zero-order valence-corrected chi connectivity index (χ0v) is 23.0. The van der Waals surface area contributed by atoms with Crippen LogP contribution in [0.15, 0.2) is 0 Å². The number of nitrogens with one attached hydrogen (secondary N) is 6. The van der Waals surface area contributed by atoms with Gasteiger partial charge in [-0.25, -0.2) is 0 Å². The van der Waals surface area contributed by atoms with E-state index >= 15 is 0 Å². The number of rotatable bonds is 18. The minimum Gasteiger partial charge on any atom is -0.370 e. The Morgan fingerprint density at radius 1 is 0.878 bits per heavy atom. The summed E-state index contributed by atoms with van der Waals surface area (Å²) in [6.45, 7) is 1.89. The third kappa shape index (κ3) is 12.4. The van der Waals surface area contributed by atoms with E-state index in [0.29, 0.717) is 32.0 Å². The second-order valence-corrected chi connectivity index (χ2v) is 9.37. The lowest BCUT2D eigenvalue weighted by atomic mass is 9.98. The minimum atomic E-state index is -1.32. The molecule has 41 heavy (non-hydrogen) atoms. The Morgan fingerprint density at radius 3 is 2.02 bits per heavy atom. The zero-order chi connectivity index (χ0) is 30.9. The number of carbonyl (C=O) groups excluding carboxylic acids is 9. The molecule has 0 aromatic carbocycles. The molecule has 1 aliphatic heterocycles. The van der Waals surface area contributed by atoms with Crippen LogP contribution < -0.4 is 37.6 Å². The number of aldehydes is 1. The summed E-state index contributed by atoms with van der Waals surface area (Å²) in [7, 11) is 0. The van der Waals surface area contributed by atoms with Crippen molar-refractivity contribution in [1.82, 2.24) is 36.8 Å². The van der Waals surface area contributed by atoms with Crippen molar-refractivity contribution in [2.75, 3.05) is 32.7 Å². The van der Waals surface area contributed by atoms with Crippen LogP contribution in [0.5, 0.6) is 0 Å². The third-order valence-corrected chi connectivity index (χ3v) is 6.25. The van der Waals surface area contributed by atoms with Crippen LogP contribution in [0.2, 0.25) is 0 Å². The van der Waals surface area contributed by atoms with E-state index in [1.807, 2.05) is 0 Å². The van der Waals surface area contributed by atoms with Crippen molar-refractivity contribution in [3.63, 3.8) is 0 Å². The largest absolute Gasteiger partial charge is 0.370 e. The second kappa shape index (κ2) is 17.9. The van der Waals surface area contributed by atoms with Gasteiger partial charge in [-0.1, -0.05) is 20.3 Å². The van der Waals surface area contributed by atoms with Crippen molar-refractivity contribution in [1.29, 1.82) is 0 Å². The number of nitrogens with zero attached hydrogens (tertiary/aromatic N) is 1. The van der Waals surface area contributed by atoms with Gasteiger partial charge in [0, 0.05) is 6.54 Å². The van der Waals surface area contributed by atoms with Crippen LogP contribution in [0.3, 0.4) is 0 Å². The summed E-state index contributed by atoms with van der Waals surface area (Å²) in [5, 5.41) is 13.9. The summed E-state index contributed by atoms with van der Waals surface area (Å²) in [4.78, 5) is 108. The smallest absolute Gasteiger partial charge is 0.246 e. The van der Waals surface area contributed by atoms with Gasteiger partial charge in [0.25, 0.3) is 0 Å². The Hall–Kier alpha value is -4.57. The first-order valence-corrected chi connectivity index (χ1v) is 13.0. The molecule has 0 aromatic rings.